The molecule has 2 aromatic heterocycles. The van der Waals surface area contributed by atoms with Crippen molar-refractivity contribution in [3.05, 3.63) is 138 Å². The van der Waals surface area contributed by atoms with Crippen LogP contribution in [0.5, 0.6) is 0 Å². The maximum absolute atomic E-state index is 4.78. The van der Waals surface area contributed by atoms with Gasteiger partial charge in [0.2, 0.25) is 11.4 Å². The monoisotopic (exact) mass is 534 g/mol. The average Bonchev–Trinajstić information content (AvgIpc) is 2.99. The maximum atomic E-state index is 4.78. The Morgan fingerprint density at radius 3 is 2.24 bits per heavy atom. The summed E-state index contributed by atoms with van der Waals surface area (Å²) in [4.78, 5) is 0. The van der Waals surface area contributed by atoms with Gasteiger partial charge in [0.1, 0.15) is 0 Å². The first-order chi connectivity index (χ1) is 19.8. The van der Waals surface area contributed by atoms with Crippen molar-refractivity contribution in [2.45, 2.75) is 57.9 Å². The van der Waals surface area contributed by atoms with Gasteiger partial charge < -0.3 is 0 Å². The number of rotatable bonds is 1. The number of aromatic nitrogens is 2. The second-order valence-corrected chi connectivity index (χ2v) is 12.5. The molecule has 0 amide bonds. The van der Waals surface area contributed by atoms with Gasteiger partial charge in [0.05, 0.1) is 17.4 Å². The SMILES string of the molecule is C=C1CC2(C)[n+]3cc(-c4ccccc4)c(C)cc3-c3ccccc3C2(C)CCc2ccccc2-c2cc(C)cc[n+]21. The van der Waals surface area contributed by atoms with E-state index >= 15 is 0 Å². The minimum absolute atomic E-state index is 0.136. The van der Waals surface area contributed by atoms with Crippen LogP contribution < -0.4 is 9.13 Å². The summed E-state index contributed by atoms with van der Waals surface area (Å²) in [5.74, 6) is 0. The Bertz CT molecular complexity index is 1830. The molecule has 2 aliphatic rings. The summed E-state index contributed by atoms with van der Waals surface area (Å²) in [6.07, 6.45) is 7.53. The van der Waals surface area contributed by atoms with Crippen molar-refractivity contribution in [3.8, 4) is 33.6 Å². The number of pyridine rings is 2. The first-order valence-corrected chi connectivity index (χ1v) is 14.8. The number of fused-ring (bicyclic) bond motifs is 9. The van der Waals surface area contributed by atoms with Crippen LogP contribution in [-0.2, 0) is 17.4 Å². The molecule has 7 rings (SSSR count). The van der Waals surface area contributed by atoms with Crippen LogP contribution in [0.15, 0.2) is 116 Å². The van der Waals surface area contributed by atoms with Crippen molar-refractivity contribution in [2.24, 2.45) is 0 Å². The van der Waals surface area contributed by atoms with Gasteiger partial charge in [0.25, 0.3) is 0 Å². The third-order valence-electron chi connectivity index (χ3n) is 10.1. The van der Waals surface area contributed by atoms with E-state index in [1.54, 1.807) is 0 Å². The molecule has 2 heteroatoms. The number of allylic oxidation sites excluding steroid dienone is 1. The van der Waals surface area contributed by atoms with Gasteiger partial charge in [-0.05, 0) is 80.1 Å². The standard InChI is InChI=1S/C39H38N2/c1-27-20-22-40-29(3)25-39(5)38(4,21-19-31-15-9-10-16-32(31)36(40)23-27)35-18-12-11-17-33(35)37-24-28(2)34(26-41(37)39)30-13-7-6-8-14-30/h6-18,20,22-24,26H,3,19,21,25H2,1-2,4-5H3/q+2. The van der Waals surface area contributed by atoms with Crippen LogP contribution in [-0.4, -0.2) is 0 Å². The van der Waals surface area contributed by atoms with Gasteiger partial charge in [-0.15, -0.1) is 0 Å². The van der Waals surface area contributed by atoms with Crippen molar-refractivity contribution >= 4 is 5.70 Å². The maximum Gasteiger partial charge on any atom is 0.218 e. The van der Waals surface area contributed by atoms with Crippen molar-refractivity contribution < 1.29 is 9.13 Å². The quantitative estimate of drug-likeness (QED) is 0.191. The van der Waals surface area contributed by atoms with Crippen molar-refractivity contribution in [1.82, 2.24) is 0 Å². The fourth-order valence-electron chi connectivity index (χ4n) is 7.56. The molecule has 0 saturated carbocycles. The molecule has 202 valence electrons. The fourth-order valence-corrected chi connectivity index (χ4v) is 7.56. The first-order valence-electron chi connectivity index (χ1n) is 14.8. The Morgan fingerprint density at radius 2 is 1.44 bits per heavy atom. The number of hydrogen-bond acceptors (Lipinski definition) is 0. The Balaban J connectivity index is 1.52. The molecule has 4 heterocycles. The highest BCUT2D eigenvalue weighted by molar-refractivity contribution is 5.72. The summed E-state index contributed by atoms with van der Waals surface area (Å²) >= 11 is 0. The normalized spacial score (nSPS) is 21.1. The highest BCUT2D eigenvalue weighted by atomic mass is 15.1. The van der Waals surface area contributed by atoms with E-state index in [0.717, 1.165) is 25.0 Å². The molecule has 0 bridgehead atoms. The lowest BCUT2D eigenvalue weighted by Crippen LogP contribution is -2.68. The zero-order valence-electron chi connectivity index (χ0n) is 24.6. The van der Waals surface area contributed by atoms with Gasteiger partial charge in [-0.2, -0.15) is 9.13 Å². The highest BCUT2D eigenvalue weighted by Gasteiger charge is 2.59. The molecule has 2 nitrogen and oxygen atoms in total. The number of benzene rings is 3. The molecule has 2 aliphatic heterocycles. The first kappa shape index (κ1) is 25.7. The van der Waals surface area contributed by atoms with Crippen LogP contribution >= 0.6 is 0 Å². The minimum atomic E-state index is -0.257. The number of hydrogen-bond donors (Lipinski definition) is 0. The summed E-state index contributed by atoms with van der Waals surface area (Å²) in [5.41, 5.74) is 13.8. The van der Waals surface area contributed by atoms with E-state index in [-0.39, 0.29) is 11.0 Å². The van der Waals surface area contributed by atoms with Crippen molar-refractivity contribution in [1.29, 1.82) is 0 Å². The second-order valence-electron chi connectivity index (χ2n) is 12.5. The van der Waals surface area contributed by atoms with E-state index in [2.05, 4.69) is 146 Å². The van der Waals surface area contributed by atoms with E-state index in [9.17, 15) is 0 Å². The molecule has 0 fully saturated rings. The summed E-state index contributed by atoms with van der Waals surface area (Å²) in [6, 6.07) is 35.8. The van der Waals surface area contributed by atoms with E-state index in [0.29, 0.717) is 0 Å². The fraction of sp³-hybridized carbons (Fsp3) is 0.231. The molecule has 0 spiro atoms. The van der Waals surface area contributed by atoms with E-state index in [4.69, 9.17) is 6.58 Å². The molecule has 0 N–H and O–H groups in total. The largest absolute Gasteiger partial charge is 0.218 e. The minimum Gasteiger partial charge on any atom is -0.191 e. The van der Waals surface area contributed by atoms with Gasteiger partial charge in [-0.25, -0.2) is 0 Å². The summed E-state index contributed by atoms with van der Waals surface area (Å²) in [7, 11) is 0. The van der Waals surface area contributed by atoms with Gasteiger partial charge in [-0.1, -0.05) is 66.7 Å². The molecule has 41 heavy (non-hydrogen) atoms. The summed E-state index contributed by atoms with van der Waals surface area (Å²) < 4.78 is 4.95. The lowest BCUT2D eigenvalue weighted by molar-refractivity contribution is -0.765. The number of aryl methyl sites for hydroxylation is 3. The van der Waals surface area contributed by atoms with Crippen LogP contribution in [0.25, 0.3) is 39.3 Å². The Labute approximate surface area is 244 Å². The highest BCUT2D eigenvalue weighted by Crippen LogP contribution is 2.52. The van der Waals surface area contributed by atoms with E-state index in [1.807, 2.05) is 0 Å². The topological polar surface area (TPSA) is 7.76 Å². The molecule has 5 aromatic rings. The lowest BCUT2D eigenvalue weighted by atomic mass is 9.59. The van der Waals surface area contributed by atoms with E-state index < -0.39 is 0 Å². The van der Waals surface area contributed by atoms with Crippen LogP contribution in [0.1, 0.15) is 48.9 Å². The molecule has 2 unspecified atom stereocenters. The Kier molecular flexibility index (Phi) is 5.87. The lowest BCUT2D eigenvalue weighted by Gasteiger charge is -2.47. The Morgan fingerprint density at radius 1 is 0.732 bits per heavy atom. The molecule has 0 radical (unpaired) electrons. The third kappa shape index (κ3) is 3.84. The van der Waals surface area contributed by atoms with E-state index in [1.165, 1.54) is 55.9 Å². The smallest absolute Gasteiger partial charge is 0.191 e. The molecule has 0 saturated heterocycles. The molecule has 3 aromatic carbocycles. The zero-order valence-corrected chi connectivity index (χ0v) is 24.6. The predicted molar refractivity (Wildman–Crippen MR) is 168 cm³/mol. The van der Waals surface area contributed by atoms with Crippen LogP contribution in [0.2, 0.25) is 0 Å². The van der Waals surface area contributed by atoms with Crippen molar-refractivity contribution in [2.75, 3.05) is 0 Å². The predicted octanol–water partition coefficient (Wildman–Crippen LogP) is 8.37. The van der Waals surface area contributed by atoms with Crippen LogP contribution in [0.4, 0.5) is 0 Å². The van der Waals surface area contributed by atoms with Gasteiger partial charge in [0.15, 0.2) is 23.6 Å². The summed E-state index contributed by atoms with van der Waals surface area (Å²) in [6.45, 7) is 14.2. The Hall–Kier alpha value is -4.30. The molecular formula is C39H38N2+2. The van der Waals surface area contributed by atoms with Gasteiger partial charge in [-0.3, -0.25) is 0 Å². The zero-order chi connectivity index (χ0) is 28.4. The van der Waals surface area contributed by atoms with Crippen LogP contribution in [0.3, 0.4) is 0 Å². The molecular weight excluding hydrogens is 496 g/mol. The molecule has 0 aliphatic carbocycles. The number of nitrogens with zero attached hydrogens (tertiary/aromatic N) is 2. The second kappa shape index (κ2) is 9.38. The van der Waals surface area contributed by atoms with Gasteiger partial charge >= 0.3 is 0 Å². The average molecular weight is 535 g/mol. The summed E-state index contributed by atoms with van der Waals surface area (Å²) in [5, 5.41) is 0. The van der Waals surface area contributed by atoms with Crippen molar-refractivity contribution in [3.63, 3.8) is 0 Å². The van der Waals surface area contributed by atoms with Gasteiger partial charge in [0, 0.05) is 36.2 Å². The third-order valence-corrected chi connectivity index (χ3v) is 10.1. The van der Waals surface area contributed by atoms with Crippen LogP contribution in [0, 0.1) is 13.8 Å². The molecule has 2 atom stereocenters.